The first-order chi connectivity index (χ1) is 24.4. The summed E-state index contributed by atoms with van der Waals surface area (Å²) in [6, 6.07) is 13.7. The molecule has 6 unspecified atom stereocenters. The second-order valence-corrected chi connectivity index (χ2v) is 14.1. The van der Waals surface area contributed by atoms with Crippen LogP contribution in [0.4, 0.5) is 0 Å². The number of phenols is 1. The third-order valence-corrected chi connectivity index (χ3v) is 9.74. The number of fused-ring (bicyclic) bond motifs is 1. The number of carbonyl (C=O) groups is 1. The minimum absolute atomic E-state index is 0.110. The summed E-state index contributed by atoms with van der Waals surface area (Å²) in [4.78, 5) is 11.1. The third-order valence-electron chi connectivity index (χ3n) is 9.74. The van der Waals surface area contributed by atoms with Crippen molar-refractivity contribution in [3.8, 4) is 17.6 Å². The number of aromatic hydroxyl groups is 1. The lowest BCUT2D eigenvalue weighted by atomic mass is 9.83. The topological polar surface area (TPSA) is 171 Å². The molecule has 51 heavy (non-hydrogen) atoms. The van der Waals surface area contributed by atoms with Gasteiger partial charge >= 0.3 is 5.97 Å². The minimum Gasteiger partial charge on any atom is -0.508 e. The van der Waals surface area contributed by atoms with E-state index in [-0.39, 0.29) is 31.1 Å². The number of aliphatic carboxylic acids is 1. The van der Waals surface area contributed by atoms with E-state index in [1.54, 1.807) is 37.3 Å². The normalized spacial score (nSPS) is 19.9. The lowest BCUT2D eigenvalue weighted by Gasteiger charge is -2.38. The van der Waals surface area contributed by atoms with Gasteiger partial charge in [-0.05, 0) is 85.9 Å². The van der Waals surface area contributed by atoms with Crippen LogP contribution in [0.5, 0.6) is 5.75 Å². The van der Waals surface area contributed by atoms with Gasteiger partial charge in [0.15, 0.2) is 0 Å². The van der Waals surface area contributed by atoms with Gasteiger partial charge in [-0.3, -0.25) is 4.79 Å². The molecule has 3 rings (SSSR count). The molecule has 0 amide bonds. The highest BCUT2D eigenvalue weighted by Crippen LogP contribution is 2.30. The van der Waals surface area contributed by atoms with Crippen molar-refractivity contribution in [1.29, 1.82) is 0 Å². The fraction of sp³-hybridized carbons (Fsp3) is 0.548. The first-order valence-corrected chi connectivity index (χ1v) is 18.5. The number of allylic oxidation sites excluding steroid dienone is 2. The van der Waals surface area contributed by atoms with E-state index in [2.05, 4.69) is 17.2 Å². The van der Waals surface area contributed by atoms with Crippen molar-refractivity contribution in [3.05, 3.63) is 88.5 Å². The summed E-state index contributed by atoms with van der Waals surface area (Å²) in [7, 11) is 0. The highest BCUT2D eigenvalue weighted by atomic mass is 16.4. The van der Waals surface area contributed by atoms with E-state index in [9.17, 15) is 35.4 Å². The van der Waals surface area contributed by atoms with Crippen molar-refractivity contribution >= 4 is 5.97 Å². The van der Waals surface area contributed by atoms with E-state index in [1.165, 1.54) is 0 Å². The lowest BCUT2D eigenvalue weighted by Crippen LogP contribution is -2.54. The lowest BCUT2D eigenvalue weighted by molar-refractivity contribution is -0.137. The van der Waals surface area contributed by atoms with E-state index in [4.69, 9.17) is 5.11 Å². The number of hydrogen-bond acceptors (Lipinski definition) is 8. The van der Waals surface area contributed by atoms with Gasteiger partial charge in [-0.1, -0.05) is 93.4 Å². The van der Waals surface area contributed by atoms with Crippen LogP contribution in [0.15, 0.2) is 71.8 Å². The fourth-order valence-electron chi connectivity index (χ4n) is 6.66. The number of hydrogen-bond donors (Lipinski definition) is 8. The van der Waals surface area contributed by atoms with Gasteiger partial charge in [0.2, 0.25) is 0 Å². The SMILES string of the molecule is CCCCC(O)C(O)C=CC1=C(CC(O)CO)C(CCCCCCC(=O)O)NC(C(C)(O)Cc2ccc(O)cc2)CC#Cc2ccccc2CC1. The van der Waals surface area contributed by atoms with Gasteiger partial charge in [0.25, 0.3) is 0 Å². The monoisotopic (exact) mass is 705 g/mol. The maximum absolute atomic E-state index is 12.1. The number of phenolic OH excluding ortho intramolecular Hbond substituents is 1. The molecule has 0 fully saturated rings. The zero-order valence-corrected chi connectivity index (χ0v) is 30.3. The Labute approximate surface area is 303 Å². The molecular weight excluding hydrogens is 646 g/mol. The third kappa shape index (κ3) is 14.6. The van der Waals surface area contributed by atoms with Crippen LogP contribution >= 0.6 is 0 Å². The first kappa shape index (κ1) is 41.9. The molecule has 1 aliphatic heterocycles. The van der Waals surface area contributed by atoms with Crippen molar-refractivity contribution in [2.45, 2.75) is 140 Å². The first-order valence-electron chi connectivity index (χ1n) is 18.5. The maximum Gasteiger partial charge on any atom is 0.303 e. The molecule has 0 aliphatic carbocycles. The molecule has 1 aliphatic rings. The Bertz CT molecular complexity index is 1470. The van der Waals surface area contributed by atoms with E-state index < -0.39 is 42.5 Å². The van der Waals surface area contributed by atoms with E-state index >= 15 is 0 Å². The van der Waals surface area contributed by atoms with E-state index in [1.807, 2.05) is 37.3 Å². The molecule has 1 heterocycles. The molecule has 2 aromatic carbocycles. The number of aryl methyl sites for hydroxylation is 1. The molecular formula is C42H59NO8. The van der Waals surface area contributed by atoms with Crippen molar-refractivity contribution in [2.24, 2.45) is 0 Å². The summed E-state index contributed by atoms with van der Waals surface area (Å²) in [6.45, 7) is 3.35. The Morgan fingerprint density at radius 2 is 1.75 bits per heavy atom. The van der Waals surface area contributed by atoms with Gasteiger partial charge in [0, 0.05) is 36.9 Å². The number of unbranched alkanes of at least 4 members (excludes halogenated alkanes) is 4. The Hall–Kier alpha value is -3.49. The number of rotatable bonds is 19. The molecule has 6 atom stereocenters. The van der Waals surface area contributed by atoms with Crippen LogP contribution < -0.4 is 5.32 Å². The average Bonchev–Trinajstić information content (AvgIpc) is 3.10. The van der Waals surface area contributed by atoms with Crippen LogP contribution in [-0.4, -0.2) is 84.3 Å². The second-order valence-electron chi connectivity index (χ2n) is 14.1. The van der Waals surface area contributed by atoms with Gasteiger partial charge in [-0.15, -0.1) is 0 Å². The second kappa shape index (κ2) is 21.8. The van der Waals surface area contributed by atoms with Crippen LogP contribution in [-0.2, 0) is 17.6 Å². The molecule has 9 heteroatoms. The molecule has 0 saturated carbocycles. The summed E-state index contributed by atoms with van der Waals surface area (Å²) in [5.41, 5.74) is 3.15. The number of carboxylic acid groups (broad SMARTS) is 1. The van der Waals surface area contributed by atoms with Crippen LogP contribution in [0.2, 0.25) is 0 Å². The molecule has 280 valence electrons. The number of aliphatic hydroxyl groups excluding tert-OH is 4. The summed E-state index contributed by atoms with van der Waals surface area (Å²) >= 11 is 0. The summed E-state index contributed by atoms with van der Waals surface area (Å²) in [5.74, 6) is 5.97. The molecule has 2 aromatic rings. The predicted octanol–water partition coefficient (Wildman–Crippen LogP) is 5.33. The molecule has 0 radical (unpaired) electrons. The minimum atomic E-state index is -1.30. The van der Waals surface area contributed by atoms with Gasteiger partial charge < -0.3 is 41.1 Å². The number of carboxylic acids is 1. The number of benzene rings is 2. The molecule has 0 aromatic heterocycles. The van der Waals surface area contributed by atoms with E-state index in [0.717, 1.165) is 59.9 Å². The zero-order valence-electron chi connectivity index (χ0n) is 30.3. The Morgan fingerprint density at radius 3 is 2.45 bits per heavy atom. The molecule has 8 N–H and O–H groups in total. The summed E-state index contributed by atoms with van der Waals surface area (Å²) < 4.78 is 0. The standard InChI is InChI=1S/C42H59NO8/c1-3-4-16-38(47)39(48)26-23-33-22-21-32-13-10-9-12-31(32)14-11-17-40(42(2,51)28-30-19-24-34(45)25-20-30)43-37(36(33)27-35(46)29-44)15-7-5-6-8-18-41(49)50/h9-10,12-13,19-20,23-26,35,37-40,43-48,51H,3-8,15-18,21-22,27-29H2,1-2H3,(H,49,50). The quantitative estimate of drug-likeness (QED) is 0.0711. The Balaban J connectivity index is 2.14. The Morgan fingerprint density at radius 1 is 1.02 bits per heavy atom. The summed E-state index contributed by atoms with van der Waals surface area (Å²) in [6.07, 6.45) is 7.97. The van der Waals surface area contributed by atoms with Crippen LogP contribution in [0.3, 0.4) is 0 Å². The maximum atomic E-state index is 12.1. The van der Waals surface area contributed by atoms with Crippen molar-refractivity contribution in [3.63, 3.8) is 0 Å². The summed E-state index contributed by atoms with van der Waals surface area (Å²) in [5, 5.41) is 77.3. The van der Waals surface area contributed by atoms with E-state index in [0.29, 0.717) is 38.5 Å². The van der Waals surface area contributed by atoms with Crippen LogP contribution in [0, 0.1) is 11.8 Å². The van der Waals surface area contributed by atoms with Crippen LogP contribution in [0.25, 0.3) is 0 Å². The fourth-order valence-corrected chi connectivity index (χ4v) is 6.66. The van der Waals surface area contributed by atoms with Crippen molar-refractivity contribution in [1.82, 2.24) is 5.32 Å². The van der Waals surface area contributed by atoms with Gasteiger partial charge in [-0.2, -0.15) is 0 Å². The van der Waals surface area contributed by atoms with Crippen molar-refractivity contribution in [2.75, 3.05) is 6.61 Å². The number of aliphatic hydroxyl groups is 5. The highest BCUT2D eigenvalue weighted by Gasteiger charge is 2.35. The predicted molar refractivity (Wildman–Crippen MR) is 200 cm³/mol. The van der Waals surface area contributed by atoms with Gasteiger partial charge in [0.05, 0.1) is 30.5 Å². The van der Waals surface area contributed by atoms with Crippen LogP contribution in [0.1, 0.15) is 108 Å². The highest BCUT2D eigenvalue weighted by molar-refractivity contribution is 5.66. The van der Waals surface area contributed by atoms with Gasteiger partial charge in [0.1, 0.15) is 5.75 Å². The largest absolute Gasteiger partial charge is 0.508 e. The molecule has 0 spiro atoms. The van der Waals surface area contributed by atoms with Crippen molar-refractivity contribution < 1.29 is 40.5 Å². The average molecular weight is 706 g/mol. The molecule has 0 saturated heterocycles. The zero-order chi connectivity index (χ0) is 37.2. The smallest absolute Gasteiger partial charge is 0.303 e. The van der Waals surface area contributed by atoms with Gasteiger partial charge in [-0.25, -0.2) is 0 Å². The Kier molecular flexibility index (Phi) is 17.9. The number of nitrogens with one attached hydrogen (secondary N) is 1. The molecule has 0 bridgehead atoms. The molecule has 9 nitrogen and oxygen atoms in total.